The average molecular weight is 275 g/mol. The van der Waals surface area contributed by atoms with E-state index in [9.17, 15) is 4.79 Å². The van der Waals surface area contributed by atoms with Crippen LogP contribution >= 0.6 is 12.4 Å². The maximum absolute atomic E-state index is 12.0. The van der Waals surface area contributed by atoms with Gasteiger partial charge in [-0.3, -0.25) is 4.79 Å². The minimum absolute atomic E-state index is 0. The van der Waals surface area contributed by atoms with Crippen LogP contribution in [-0.4, -0.2) is 25.5 Å². The first-order valence-electron chi connectivity index (χ1n) is 7.26. The lowest BCUT2D eigenvalue weighted by Crippen LogP contribution is -2.41. The number of nitrogens with one attached hydrogen (secondary N) is 2. The second kappa shape index (κ2) is 8.00. The Kier molecular flexibility index (Phi) is 7.02. The Balaban J connectivity index is 0.00000162. The molecule has 0 aromatic rings. The highest BCUT2D eigenvalue weighted by Crippen LogP contribution is 2.29. The van der Waals surface area contributed by atoms with Gasteiger partial charge in [-0.1, -0.05) is 26.2 Å². The minimum Gasteiger partial charge on any atom is -0.356 e. The second-order valence-electron chi connectivity index (χ2n) is 5.79. The Morgan fingerprint density at radius 1 is 1.17 bits per heavy atom. The van der Waals surface area contributed by atoms with Crippen LogP contribution in [0.25, 0.3) is 0 Å². The van der Waals surface area contributed by atoms with Crippen molar-refractivity contribution in [3.63, 3.8) is 0 Å². The molecule has 1 aliphatic heterocycles. The van der Waals surface area contributed by atoms with Crippen molar-refractivity contribution in [2.75, 3.05) is 19.6 Å². The molecule has 0 aromatic heterocycles. The van der Waals surface area contributed by atoms with E-state index in [2.05, 4.69) is 17.6 Å². The van der Waals surface area contributed by atoms with Crippen LogP contribution in [-0.2, 0) is 4.79 Å². The number of rotatable bonds is 3. The Bertz CT molecular complexity index is 254. The Hall–Kier alpha value is -0.280. The van der Waals surface area contributed by atoms with Gasteiger partial charge in [-0.2, -0.15) is 0 Å². The van der Waals surface area contributed by atoms with Crippen LogP contribution in [0.5, 0.6) is 0 Å². The second-order valence-corrected chi connectivity index (χ2v) is 5.79. The lowest BCUT2D eigenvalue weighted by Gasteiger charge is -2.30. The summed E-state index contributed by atoms with van der Waals surface area (Å²) in [5.41, 5.74) is 0. The fourth-order valence-corrected chi connectivity index (χ4v) is 3.16. The Labute approximate surface area is 117 Å². The van der Waals surface area contributed by atoms with Crippen LogP contribution in [0.15, 0.2) is 0 Å². The van der Waals surface area contributed by atoms with Crippen molar-refractivity contribution < 1.29 is 4.79 Å². The summed E-state index contributed by atoms with van der Waals surface area (Å²) < 4.78 is 0. The molecule has 0 spiro atoms. The number of hydrogen-bond donors (Lipinski definition) is 2. The number of carbonyl (C=O) groups is 1. The monoisotopic (exact) mass is 274 g/mol. The van der Waals surface area contributed by atoms with Gasteiger partial charge in [0.15, 0.2) is 0 Å². The number of amides is 1. The van der Waals surface area contributed by atoms with E-state index in [4.69, 9.17) is 0 Å². The molecule has 4 heteroatoms. The standard InChI is InChI=1S/C14H26N2O.ClH/c1-11-4-2-3-5-13(11)10-16-14(17)12-6-8-15-9-7-12;/h11-13,15H,2-10H2,1H3,(H,16,17);1H. The largest absolute Gasteiger partial charge is 0.356 e. The molecule has 2 aliphatic rings. The zero-order valence-electron chi connectivity index (χ0n) is 11.4. The molecule has 0 radical (unpaired) electrons. The predicted molar refractivity (Wildman–Crippen MR) is 77.0 cm³/mol. The van der Waals surface area contributed by atoms with Gasteiger partial charge in [-0.25, -0.2) is 0 Å². The van der Waals surface area contributed by atoms with E-state index in [1.165, 1.54) is 25.7 Å². The average Bonchev–Trinajstić information content (AvgIpc) is 2.38. The fourth-order valence-electron chi connectivity index (χ4n) is 3.16. The van der Waals surface area contributed by atoms with Crippen LogP contribution in [0, 0.1) is 17.8 Å². The zero-order chi connectivity index (χ0) is 12.1. The lowest BCUT2D eigenvalue weighted by atomic mass is 9.80. The smallest absolute Gasteiger partial charge is 0.223 e. The van der Waals surface area contributed by atoms with Gasteiger partial charge in [-0.15, -0.1) is 12.4 Å². The molecule has 2 N–H and O–H groups in total. The Morgan fingerprint density at radius 2 is 1.83 bits per heavy atom. The first-order chi connectivity index (χ1) is 8.27. The summed E-state index contributed by atoms with van der Waals surface area (Å²) in [6, 6.07) is 0. The molecule has 106 valence electrons. The highest BCUT2D eigenvalue weighted by Gasteiger charge is 2.24. The highest BCUT2D eigenvalue weighted by molar-refractivity contribution is 5.85. The molecule has 1 heterocycles. The van der Waals surface area contributed by atoms with Crippen LogP contribution in [0.2, 0.25) is 0 Å². The third kappa shape index (κ3) is 4.43. The van der Waals surface area contributed by atoms with Crippen molar-refractivity contribution in [3.8, 4) is 0 Å². The van der Waals surface area contributed by atoms with Crippen molar-refractivity contribution in [1.29, 1.82) is 0 Å². The van der Waals surface area contributed by atoms with E-state index >= 15 is 0 Å². The quantitative estimate of drug-likeness (QED) is 0.830. The summed E-state index contributed by atoms with van der Waals surface area (Å²) in [4.78, 5) is 12.0. The molecule has 3 nitrogen and oxygen atoms in total. The molecular formula is C14H27ClN2O. The SMILES string of the molecule is CC1CCCCC1CNC(=O)C1CCNCC1.Cl. The summed E-state index contributed by atoms with van der Waals surface area (Å²) in [6.45, 7) is 5.24. The van der Waals surface area contributed by atoms with Crippen molar-refractivity contribution in [2.45, 2.75) is 45.4 Å². The van der Waals surface area contributed by atoms with Crippen molar-refractivity contribution in [3.05, 3.63) is 0 Å². The van der Waals surface area contributed by atoms with E-state index in [-0.39, 0.29) is 18.3 Å². The normalized spacial score (nSPS) is 29.4. The first-order valence-corrected chi connectivity index (χ1v) is 7.26. The van der Waals surface area contributed by atoms with Crippen molar-refractivity contribution in [2.24, 2.45) is 17.8 Å². The molecule has 1 amide bonds. The highest BCUT2D eigenvalue weighted by atomic mass is 35.5. The summed E-state index contributed by atoms with van der Waals surface area (Å²) >= 11 is 0. The Morgan fingerprint density at radius 3 is 2.50 bits per heavy atom. The van der Waals surface area contributed by atoms with Crippen LogP contribution < -0.4 is 10.6 Å². The van der Waals surface area contributed by atoms with E-state index < -0.39 is 0 Å². The summed E-state index contributed by atoms with van der Waals surface area (Å²) in [7, 11) is 0. The number of piperidine rings is 1. The van der Waals surface area contributed by atoms with Gasteiger partial charge in [0.25, 0.3) is 0 Å². The van der Waals surface area contributed by atoms with Crippen LogP contribution in [0.4, 0.5) is 0 Å². The maximum Gasteiger partial charge on any atom is 0.223 e. The summed E-state index contributed by atoms with van der Waals surface area (Å²) in [6.07, 6.45) is 7.37. The molecule has 1 aliphatic carbocycles. The first kappa shape index (κ1) is 15.8. The van der Waals surface area contributed by atoms with E-state index in [0.717, 1.165) is 44.3 Å². The van der Waals surface area contributed by atoms with Gasteiger partial charge in [0, 0.05) is 12.5 Å². The molecule has 2 rings (SSSR count). The molecule has 2 fully saturated rings. The van der Waals surface area contributed by atoms with Crippen molar-refractivity contribution >= 4 is 18.3 Å². The molecular weight excluding hydrogens is 248 g/mol. The van der Waals surface area contributed by atoms with Crippen molar-refractivity contribution in [1.82, 2.24) is 10.6 Å². The van der Waals surface area contributed by atoms with Gasteiger partial charge in [0.2, 0.25) is 5.91 Å². The molecule has 2 atom stereocenters. The fraction of sp³-hybridized carbons (Fsp3) is 0.929. The lowest BCUT2D eigenvalue weighted by molar-refractivity contribution is -0.126. The third-order valence-electron chi connectivity index (χ3n) is 4.54. The number of hydrogen-bond acceptors (Lipinski definition) is 2. The third-order valence-corrected chi connectivity index (χ3v) is 4.54. The molecule has 0 bridgehead atoms. The van der Waals surface area contributed by atoms with E-state index in [1.807, 2.05) is 0 Å². The van der Waals surface area contributed by atoms with Gasteiger partial charge in [0.1, 0.15) is 0 Å². The molecule has 2 unspecified atom stereocenters. The van der Waals surface area contributed by atoms with Crippen LogP contribution in [0.1, 0.15) is 45.4 Å². The number of carbonyl (C=O) groups excluding carboxylic acids is 1. The predicted octanol–water partition coefficient (Wildman–Crippen LogP) is 2.35. The minimum atomic E-state index is 0. The van der Waals surface area contributed by atoms with Gasteiger partial charge >= 0.3 is 0 Å². The number of halogens is 1. The zero-order valence-corrected chi connectivity index (χ0v) is 12.2. The summed E-state index contributed by atoms with van der Waals surface area (Å²) in [5, 5.41) is 6.49. The van der Waals surface area contributed by atoms with Gasteiger partial charge < -0.3 is 10.6 Å². The topological polar surface area (TPSA) is 41.1 Å². The molecule has 1 saturated heterocycles. The molecule has 18 heavy (non-hydrogen) atoms. The summed E-state index contributed by atoms with van der Waals surface area (Å²) in [5.74, 6) is 2.06. The molecule has 0 aromatic carbocycles. The van der Waals surface area contributed by atoms with Gasteiger partial charge in [0.05, 0.1) is 0 Å². The van der Waals surface area contributed by atoms with Gasteiger partial charge in [-0.05, 0) is 44.2 Å². The molecule has 1 saturated carbocycles. The van der Waals surface area contributed by atoms with E-state index in [0.29, 0.717) is 5.91 Å². The maximum atomic E-state index is 12.0. The van der Waals surface area contributed by atoms with E-state index in [1.54, 1.807) is 0 Å². The van der Waals surface area contributed by atoms with Crippen LogP contribution in [0.3, 0.4) is 0 Å².